The van der Waals surface area contributed by atoms with Crippen LogP contribution in [0.2, 0.25) is 0 Å². The molecule has 0 radical (unpaired) electrons. The molecular weight excluding hydrogens is 279 g/mol. The van der Waals surface area contributed by atoms with Gasteiger partial charge < -0.3 is 4.74 Å². The van der Waals surface area contributed by atoms with E-state index in [9.17, 15) is 4.79 Å². The van der Waals surface area contributed by atoms with Gasteiger partial charge in [0.25, 0.3) is 0 Å². The van der Waals surface area contributed by atoms with Gasteiger partial charge >= 0.3 is 0 Å². The maximum absolute atomic E-state index is 11.6. The molecule has 4 heteroatoms. The van der Waals surface area contributed by atoms with Crippen LogP contribution in [0.3, 0.4) is 0 Å². The molecule has 1 unspecified atom stereocenters. The number of halogens is 2. The highest BCUT2D eigenvalue weighted by atomic mass is 79.9. The van der Waals surface area contributed by atoms with Gasteiger partial charge in [0.2, 0.25) is 0 Å². The Balaban J connectivity index is 3.20. The van der Waals surface area contributed by atoms with Crippen molar-refractivity contribution in [2.75, 3.05) is 7.11 Å². The molecule has 1 rings (SSSR count). The fourth-order valence-corrected chi connectivity index (χ4v) is 1.93. The normalized spacial score (nSPS) is 12.3. The first kappa shape index (κ1) is 12.5. The molecule has 0 aliphatic heterocycles. The average molecular weight is 292 g/mol. The van der Waals surface area contributed by atoms with Gasteiger partial charge in [0.05, 0.1) is 7.11 Å². The molecule has 1 aromatic carbocycles. The van der Waals surface area contributed by atoms with Crippen molar-refractivity contribution < 1.29 is 9.53 Å². The fraction of sp³-hybridized carbons (Fsp3) is 0.364. The number of Topliss-reactive ketones (excluding diaryl/α,β-unsaturated/α-hetero) is 1. The van der Waals surface area contributed by atoms with Crippen molar-refractivity contribution in [1.82, 2.24) is 0 Å². The van der Waals surface area contributed by atoms with Crippen LogP contribution < -0.4 is 4.74 Å². The van der Waals surface area contributed by atoms with Crippen molar-refractivity contribution >= 4 is 33.3 Å². The van der Waals surface area contributed by atoms with E-state index in [0.29, 0.717) is 5.56 Å². The van der Waals surface area contributed by atoms with E-state index >= 15 is 0 Å². The highest BCUT2D eigenvalue weighted by Crippen LogP contribution is 2.26. The summed E-state index contributed by atoms with van der Waals surface area (Å²) in [7, 11) is 1.62. The van der Waals surface area contributed by atoms with Gasteiger partial charge in [-0.05, 0) is 37.1 Å². The molecule has 0 aliphatic carbocycles. The summed E-state index contributed by atoms with van der Waals surface area (Å²) in [6.07, 6.45) is 0. The number of aryl methyl sites for hydroxylation is 2. The molecule has 82 valence electrons. The van der Waals surface area contributed by atoms with Crippen LogP contribution in [-0.4, -0.2) is 17.2 Å². The average Bonchev–Trinajstić information content (AvgIpc) is 2.15. The second-order valence-electron chi connectivity index (χ2n) is 3.31. The molecule has 0 amide bonds. The van der Waals surface area contributed by atoms with E-state index in [1.807, 2.05) is 13.8 Å². The third kappa shape index (κ3) is 2.73. The smallest absolute Gasteiger partial charge is 0.191 e. The molecule has 0 N–H and O–H groups in total. The Labute approximate surface area is 103 Å². The molecule has 0 saturated heterocycles. The lowest BCUT2D eigenvalue weighted by atomic mass is 10.0. The zero-order valence-corrected chi connectivity index (χ0v) is 11.1. The molecule has 15 heavy (non-hydrogen) atoms. The molecule has 0 fully saturated rings. The second kappa shape index (κ2) is 4.99. The molecule has 1 aromatic rings. The van der Waals surface area contributed by atoms with Crippen LogP contribution >= 0.6 is 27.5 Å². The summed E-state index contributed by atoms with van der Waals surface area (Å²) in [6.45, 7) is 3.81. The van der Waals surface area contributed by atoms with Crippen molar-refractivity contribution in [2.24, 2.45) is 0 Å². The number of hydrogen-bond donors (Lipinski definition) is 0. The second-order valence-corrected chi connectivity index (χ2v) is 5.19. The Hall–Kier alpha value is -0.540. The van der Waals surface area contributed by atoms with E-state index < -0.39 is 4.29 Å². The van der Waals surface area contributed by atoms with E-state index in [2.05, 4.69) is 15.9 Å². The first-order valence-electron chi connectivity index (χ1n) is 4.45. The Kier molecular flexibility index (Phi) is 4.17. The maximum atomic E-state index is 11.6. The van der Waals surface area contributed by atoms with Crippen molar-refractivity contribution in [3.63, 3.8) is 0 Å². The number of rotatable bonds is 3. The van der Waals surface area contributed by atoms with E-state index in [0.717, 1.165) is 16.9 Å². The summed E-state index contributed by atoms with van der Waals surface area (Å²) in [4.78, 5) is 11.6. The third-order valence-corrected chi connectivity index (χ3v) is 2.76. The Morgan fingerprint density at radius 2 is 1.87 bits per heavy atom. The summed E-state index contributed by atoms with van der Waals surface area (Å²) >= 11 is 8.72. The largest absolute Gasteiger partial charge is 0.496 e. The Morgan fingerprint density at radius 1 is 1.40 bits per heavy atom. The molecule has 0 heterocycles. The number of ether oxygens (including phenoxy) is 1. The number of benzene rings is 1. The predicted octanol–water partition coefficient (Wildman–Crippen LogP) is 3.45. The monoisotopic (exact) mass is 290 g/mol. The molecule has 2 nitrogen and oxygen atoms in total. The van der Waals surface area contributed by atoms with Crippen LogP contribution in [0.4, 0.5) is 0 Å². The van der Waals surface area contributed by atoms with Crippen LogP contribution in [0.1, 0.15) is 21.5 Å². The van der Waals surface area contributed by atoms with E-state index in [4.69, 9.17) is 16.3 Å². The summed E-state index contributed by atoms with van der Waals surface area (Å²) in [5.74, 6) is 0.678. The zero-order chi connectivity index (χ0) is 11.6. The van der Waals surface area contributed by atoms with Crippen LogP contribution in [-0.2, 0) is 0 Å². The van der Waals surface area contributed by atoms with Gasteiger partial charge in [0.15, 0.2) is 10.1 Å². The number of carbonyl (C=O) groups is 1. The van der Waals surface area contributed by atoms with Gasteiger partial charge in [-0.2, -0.15) is 0 Å². The van der Waals surface area contributed by atoms with Crippen molar-refractivity contribution in [1.29, 1.82) is 0 Å². The summed E-state index contributed by atoms with van der Waals surface area (Å²) in [5.41, 5.74) is 2.47. The van der Waals surface area contributed by atoms with E-state index in [-0.39, 0.29) is 5.78 Å². The van der Waals surface area contributed by atoms with E-state index in [1.54, 1.807) is 19.2 Å². The number of hydrogen-bond acceptors (Lipinski definition) is 2. The zero-order valence-electron chi connectivity index (χ0n) is 8.80. The number of ketones is 1. The lowest BCUT2D eigenvalue weighted by Crippen LogP contribution is -2.08. The van der Waals surface area contributed by atoms with Crippen molar-refractivity contribution in [3.05, 3.63) is 28.8 Å². The first-order valence-corrected chi connectivity index (χ1v) is 5.80. The highest BCUT2D eigenvalue weighted by Gasteiger charge is 2.16. The molecule has 0 saturated carbocycles. The first-order chi connectivity index (χ1) is 6.97. The van der Waals surface area contributed by atoms with Gasteiger partial charge in [0.1, 0.15) is 5.75 Å². The van der Waals surface area contributed by atoms with Gasteiger partial charge in [-0.25, -0.2) is 0 Å². The van der Waals surface area contributed by atoms with Crippen LogP contribution in [0.5, 0.6) is 5.75 Å². The number of methoxy groups -OCH3 is 1. The maximum Gasteiger partial charge on any atom is 0.191 e. The van der Waals surface area contributed by atoms with Crippen molar-refractivity contribution in [3.8, 4) is 5.75 Å². The Bertz CT molecular complexity index is 365. The minimum atomic E-state index is -0.676. The van der Waals surface area contributed by atoms with Crippen molar-refractivity contribution in [2.45, 2.75) is 18.1 Å². The lowest BCUT2D eigenvalue weighted by molar-refractivity contribution is 0.101. The minimum absolute atomic E-state index is 0.134. The molecule has 1 atom stereocenters. The third-order valence-electron chi connectivity index (χ3n) is 2.15. The summed E-state index contributed by atoms with van der Waals surface area (Å²) < 4.78 is 4.54. The lowest BCUT2D eigenvalue weighted by Gasteiger charge is -2.10. The number of carbonyl (C=O) groups excluding carboxylic acids is 1. The molecule has 0 spiro atoms. The fourth-order valence-electron chi connectivity index (χ4n) is 1.54. The van der Waals surface area contributed by atoms with Crippen LogP contribution in [0.25, 0.3) is 0 Å². The summed E-state index contributed by atoms with van der Waals surface area (Å²) in [5, 5.41) is 0. The number of alkyl halides is 2. The van der Waals surface area contributed by atoms with Gasteiger partial charge in [-0.1, -0.05) is 15.9 Å². The molecule has 0 aliphatic rings. The standard InChI is InChI=1S/C11H12BrClO2/c1-6-4-8(9(14)11(12)13)5-7(2)10(6)15-3/h4-5,11H,1-3H3. The quantitative estimate of drug-likeness (QED) is 0.630. The van der Waals surface area contributed by atoms with Crippen LogP contribution in [0.15, 0.2) is 12.1 Å². The molecular formula is C11H12BrClO2. The van der Waals surface area contributed by atoms with Gasteiger partial charge in [0, 0.05) is 5.56 Å². The van der Waals surface area contributed by atoms with Gasteiger partial charge in [-0.15, -0.1) is 11.6 Å². The highest BCUT2D eigenvalue weighted by molar-refractivity contribution is 9.10. The molecule has 0 aromatic heterocycles. The topological polar surface area (TPSA) is 26.3 Å². The minimum Gasteiger partial charge on any atom is -0.496 e. The SMILES string of the molecule is COc1c(C)cc(C(=O)C(Cl)Br)cc1C. The van der Waals surface area contributed by atoms with Crippen LogP contribution in [0, 0.1) is 13.8 Å². The van der Waals surface area contributed by atoms with E-state index in [1.165, 1.54) is 0 Å². The summed E-state index contributed by atoms with van der Waals surface area (Å²) in [6, 6.07) is 3.57. The predicted molar refractivity (Wildman–Crippen MR) is 65.4 cm³/mol. The molecule has 0 bridgehead atoms. The Morgan fingerprint density at radius 3 is 2.20 bits per heavy atom. The van der Waals surface area contributed by atoms with Gasteiger partial charge in [-0.3, -0.25) is 4.79 Å².